The number of piperazine rings is 1. The van der Waals surface area contributed by atoms with Gasteiger partial charge in [0.25, 0.3) is 0 Å². The fraction of sp³-hybridized carbons (Fsp3) is 0.412. The third-order valence-electron chi connectivity index (χ3n) is 4.48. The highest BCUT2D eigenvalue weighted by atomic mass is 16.3. The van der Waals surface area contributed by atoms with Crippen molar-refractivity contribution in [3.8, 4) is 0 Å². The summed E-state index contributed by atoms with van der Waals surface area (Å²) in [6, 6.07) is 8.10. The van der Waals surface area contributed by atoms with Crippen molar-refractivity contribution in [2.75, 3.05) is 38.1 Å². The van der Waals surface area contributed by atoms with Crippen molar-refractivity contribution in [3.63, 3.8) is 0 Å². The molecule has 114 valence electrons. The van der Waals surface area contributed by atoms with Gasteiger partial charge in [-0.25, -0.2) is 9.97 Å². The van der Waals surface area contributed by atoms with Gasteiger partial charge in [-0.1, -0.05) is 19.1 Å². The first-order valence-electron chi connectivity index (χ1n) is 8.00. The number of nitrogens with zero attached hydrogens (tertiary/aromatic N) is 3. The van der Waals surface area contributed by atoms with Crippen molar-refractivity contribution in [2.45, 2.75) is 13.3 Å². The number of hydrogen-bond donors (Lipinski definition) is 1. The number of hydrogen-bond acceptors (Lipinski definition) is 4. The summed E-state index contributed by atoms with van der Waals surface area (Å²) in [7, 11) is 2.24. The molecule has 4 rings (SSSR count). The molecular weight excluding hydrogens is 276 g/mol. The second-order valence-corrected chi connectivity index (χ2v) is 6.04. The quantitative estimate of drug-likeness (QED) is 0.774. The van der Waals surface area contributed by atoms with Crippen LogP contribution in [-0.2, 0) is 6.42 Å². The summed E-state index contributed by atoms with van der Waals surface area (Å²) in [5.41, 5.74) is 2.67. The van der Waals surface area contributed by atoms with E-state index in [0.29, 0.717) is 0 Å². The van der Waals surface area contributed by atoms with Crippen molar-refractivity contribution in [2.24, 2.45) is 0 Å². The molecule has 0 unspecified atom stereocenters. The van der Waals surface area contributed by atoms with Crippen LogP contribution in [0.5, 0.6) is 0 Å². The first-order chi connectivity index (χ1) is 10.8. The third kappa shape index (κ3) is 2.13. The number of anilines is 1. The molecule has 5 nitrogen and oxygen atoms in total. The number of fused-ring (bicyclic) bond motifs is 3. The zero-order chi connectivity index (χ0) is 15.1. The van der Waals surface area contributed by atoms with Crippen LogP contribution < -0.4 is 9.80 Å². The molecule has 0 atom stereocenters. The standard InChI is InChI=1S/C17H20N4O/c1-3-14-18-15-12-6-4-5-7-13(12)22-16(15)17(19-14)21-10-8-20(2)9-11-21/h4-7H,3,8-11H2,1-2H3/p+1. The van der Waals surface area contributed by atoms with E-state index in [2.05, 4.69) is 24.9 Å². The molecule has 1 aliphatic heterocycles. The molecule has 1 aliphatic rings. The number of likely N-dealkylation sites (N-methyl/N-ethyl adjacent to an activating group) is 1. The molecule has 0 radical (unpaired) electrons. The summed E-state index contributed by atoms with van der Waals surface area (Å²) >= 11 is 0. The van der Waals surface area contributed by atoms with Crippen molar-refractivity contribution < 1.29 is 9.32 Å². The smallest absolute Gasteiger partial charge is 0.196 e. The molecule has 1 N–H and O–H groups in total. The molecule has 3 aromatic rings. The summed E-state index contributed by atoms with van der Waals surface area (Å²) in [6.07, 6.45) is 0.835. The normalized spacial score (nSPS) is 16.7. The Morgan fingerprint density at radius 1 is 1.18 bits per heavy atom. The molecule has 0 bridgehead atoms. The molecule has 1 fully saturated rings. The van der Waals surface area contributed by atoms with E-state index in [4.69, 9.17) is 14.4 Å². The van der Waals surface area contributed by atoms with E-state index in [1.54, 1.807) is 4.90 Å². The first kappa shape index (κ1) is 13.5. The van der Waals surface area contributed by atoms with Crippen LogP contribution in [0.4, 0.5) is 5.82 Å². The molecule has 0 amide bonds. The highest BCUT2D eigenvalue weighted by molar-refractivity contribution is 6.05. The summed E-state index contributed by atoms with van der Waals surface area (Å²) < 4.78 is 6.09. The van der Waals surface area contributed by atoms with Gasteiger partial charge in [0, 0.05) is 11.8 Å². The molecule has 22 heavy (non-hydrogen) atoms. The minimum absolute atomic E-state index is 0.831. The van der Waals surface area contributed by atoms with Crippen LogP contribution in [0, 0.1) is 0 Å². The number of para-hydroxylation sites is 1. The lowest BCUT2D eigenvalue weighted by atomic mass is 10.2. The van der Waals surface area contributed by atoms with Gasteiger partial charge in [-0.3, -0.25) is 0 Å². The average Bonchev–Trinajstić information content (AvgIpc) is 2.93. The molecule has 1 saturated heterocycles. The molecule has 5 heteroatoms. The predicted molar refractivity (Wildman–Crippen MR) is 87.5 cm³/mol. The van der Waals surface area contributed by atoms with Crippen molar-refractivity contribution in [1.29, 1.82) is 0 Å². The van der Waals surface area contributed by atoms with Gasteiger partial charge in [0.2, 0.25) is 0 Å². The monoisotopic (exact) mass is 297 g/mol. The summed E-state index contributed by atoms with van der Waals surface area (Å²) in [5.74, 6) is 1.85. The van der Waals surface area contributed by atoms with Crippen LogP contribution in [0.25, 0.3) is 22.1 Å². The van der Waals surface area contributed by atoms with Gasteiger partial charge in [-0.2, -0.15) is 0 Å². The van der Waals surface area contributed by atoms with E-state index in [1.165, 1.54) is 0 Å². The van der Waals surface area contributed by atoms with Crippen LogP contribution >= 0.6 is 0 Å². The van der Waals surface area contributed by atoms with Gasteiger partial charge in [-0.05, 0) is 12.1 Å². The molecular formula is C17H21N4O+. The molecule has 0 spiro atoms. The lowest BCUT2D eigenvalue weighted by Gasteiger charge is -2.30. The summed E-state index contributed by atoms with van der Waals surface area (Å²) in [4.78, 5) is 13.4. The van der Waals surface area contributed by atoms with Crippen molar-refractivity contribution in [1.82, 2.24) is 9.97 Å². The number of aryl methyl sites for hydroxylation is 1. The number of furan rings is 1. The van der Waals surface area contributed by atoms with Gasteiger partial charge in [-0.15, -0.1) is 0 Å². The molecule has 1 aromatic carbocycles. The molecule has 0 aliphatic carbocycles. The highest BCUT2D eigenvalue weighted by Gasteiger charge is 2.23. The van der Waals surface area contributed by atoms with Gasteiger partial charge in [0.05, 0.1) is 33.2 Å². The number of nitrogens with one attached hydrogen (secondary N) is 1. The topological polar surface area (TPSA) is 46.6 Å². The zero-order valence-corrected chi connectivity index (χ0v) is 13.1. The van der Waals surface area contributed by atoms with Crippen molar-refractivity contribution in [3.05, 3.63) is 30.1 Å². The Morgan fingerprint density at radius 2 is 1.95 bits per heavy atom. The van der Waals surface area contributed by atoms with Crippen molar-refractivity contribution >= 4 is 27.9 Å². The van der Waals surface area contributed by atoms with Crippen LogP contribution in [-0.4, -0.2) is 43.2 Å². The predicted octanol–water partition coefficient (Wildman–Crippen LogP) is 1.27. The summed E-state index contributed by atoms with van der Waals surface area (Å²) in [6.45, 7) is 6.39. The molecule has 2 aromatic heterocycles. The lowest BCUT2D eigenvalue weighted by Crippen LogP contribution is -3.12. The van der Waals surface area contributed by atoms with E-state index in [1.807, 2.05) is 18.2 Å². The van der Waals surface area contributed by atoms with Gasteiger partial charge >= 0.3 is 0 Å². The maximum Gasteiger partial charge on any atom is 0.196 e. The van der Waals surface area contributed by atoms with E-state index < -0.39 is 0 Å². The highest BCUT2D eigenvalue weighted by Crippen LogP contribution is 2.32. The first-order valence-corrected chi connectivity index (χ1v) is 8.00. The number of benzene rings is 1. The Labute approximate surface area is 129 Å². The van der Waals surface area contributed by atoms with E-state index in [0.717, 1.165) is 66.3 Å². The summed E-state index contributed by atoms with van der Waals surface area (Å²) in [5, 5.41) is 1.08. The maximum absolute atomic E-state index is 6.09. The number of quaternary nitrogens is 1. The number of aromatic nitrogens is 2. The second-order valence-electron chi connectivity index (χ2n) is 6.04. The Morgan fingerprint density at radius 3 is 2.73 bits per heavy atom. The lowest BCUT2D eigenvalue weighted by molar-refractivity contribution is -0.880. The van der Waals surface area contributed by atoms with Crippen LogP contribution in [0.3, 0.4) is 0 Å². The van der Waals surface area contributed by atoms with Gasteiger partial charge in [0.15, 0.2) is 11.4 Å². The van der Waals surface area contributed by atoms with Gasteiger partial charge < -0.3 is 14.2 Å². The Balaban J connectivity index is 1.92. The average molecular weight is 297 g/mol. The van der Waals surface area contributed by atoms with Crippen LogP contribution in [0.1, 0.15) is 12.7 Å². The second kappa shape index (κ2) is 5.25. The molecule has 3 heterocycles. The number of rotatable bonds is 2. The zero-order valence-electron chi connectivity index (χ0n) is 13.1. The Bertz CT molecular complexity index is 818. The molecule has 0 saturated carbocycles. The van der Waals surface area contributed by atoms with E-state index in [9.17, 15) is 0 Å². The minimum Gasteiger partial charge on any atom is -0.450 e. The maximum atomic E-state index is 6.09. The van der Waals surface area contributed by atoms with E-state index in [-0.39, 0.29) is 0 Å². The van der Waals surface area contributed by atoms with Crippen LogP contribution in [0.2, 0.25) is 0 Å². The van der Waals surface area contributed by atoms with Gasteiger partial charge in [0.1, 0.15) is 16.9 Å². The van der Waals surface area contributed by atoms with E-state index >= 15 is 0 Å². The SMILES string of the molecule is CCc1nc(N2CC[NH+](C)CC2)c2oc3ccccc3c2n1. The Kier molecular flexibility index (Phi) is 3.22. The fourth-order valence-electron chi connectivity index (χ4n) is 3.09. The Hall–Kier alpha value is -2.14. The third-order valence-corrected chi connectivity index (χ3v) is 4.48. The minimum atomic E-state index is 0.831. The van der Waals surface area contributed by atoms with Crippen LogP contribution in [0.15, 0.2) is 28.7 Å². The fourth-order valence-corrected chi connectivity index (χ4v) is 3.09. The largest absolute Gasteiger partial charge is 0.450 e.